The highest BCUT2D eigenvalue weighted by atomic mass is 32.2. The van der Waals surface area contributed by atoms with E-state index in [-0.39, 0.29) is 4.90 Å². The van der Waals surface area contributed by atoms with Gasteiger partial charge in [0.1, 0.15) is 12.4 Å². The van der Waals surface area contributed by atoms with E-state index in [4.69, 9.17) is 4.74 Å². The molecule has 1 heterocycles. The Hall–Kier alpha value is -2.97. The first-order chi connectivity index (χ1) is 15.3. The van der Waals surface area contributed by atoms with E-state index < -0.39 is 28.0 Å². The van der Waals surface area contributed by atoms with Crippen LogP contribution in [0.1, 0.15) is 36.9 Å². The third-order valence-electron chi connectivity index (χ3n) is 5.85. The number of aliphatic carboxylic acids is 1. The number of pyridine rings is 1. The smallest absolute Gasteiger partial charge is 0.308 e. The van der Waals surface area contributed by atoms with E-state index in [1.807, 2.05) is 37.3 Å². The van der Waals surface area contributed by atoms with Crippen molar-refractivity contribution in [3.05, 3.63) is 65.9 Å². The van der Waals surface area contributed by atoms with Crippen LogP contribution in [0.5, 0.6) is 5.75 Å². The number of carboxylic acid groups (broad SMARTS) is 1. The summed E-state index contributed by atoms with van der Waals surface area (Å²) in [5.74, 6) is -1.11. The summed E-state index contributed by atoms with van der Waals surface area (Å²) in [7, 11) is -3.82. The molecule has 0 amide bonds. The van der Waals surface area contributed by atoms with Crippen molar-refractivity contribution in [2.24, 2.45) is 5.92 Å². The van der Waals surface area contributed by atoms with Crippen LogP contribution in [0.2, 0.25) is 0 Å². The zero-order valence-electron chi connectivity index (χ0n) is 17.8. The Morgan fingerprint density at radius 1 is 1.12 bits per heavy atom. The number of hydrogen-bond acceptors (Lipinski definition) is 5. The minimum atomic E-state index is -3.82. The van der Waals surface area contributed by atoms with Crippen LogP contribution < -0.4 is 9.46 Å². The first-order valence-electron chi connectivity index (χ1n) is 10.7. The van der Waals surface area contributed by atoms with Crippen molar-refractivity contribution in [2.45, 2.75) is 50.2 Å². The molecule has 32 heavy (non-hydrogen) atoms. The van der Waals surface area contributed by atoms with Crippen molar-refractivity contribution >= 4 is 26.9 Å². The number of nitrogens with zero attached hydrogens (tertiary/aromatic N) is 1. The van der Waals surface area contributed by atoms with Crippen LogP contribution in [0.3, 0.4) is 0 Å². The van der Waals surface area contributed by atoms with E-state index in [2.05, 4.69) is 9.71 Å². The highest BCUT2D eigenvalue weighted by molar-refractivity contribution is 7.89. The topological polar surface area (TPSA) is 106 Å². The lowest BCUT2D eigenvalue weighted by Crippen LogP contribution is -2.44. The minimum absolute atomic E-state index is 0.0877. The number of ether oxygens (including phenoxy) is 1. The molecule has 1 fully saturated rings. The second-order valence-corrected chi connectivity index (χ2v) is 9.87. The predicted octanol–water partition coefficient (Wildman–Crippen LogP) is 4.04. The van der Waals surface area contributed by atoms with Crippen LogP contribution in [0.4, 0.5) is 0 Å². The molecule has 3 aromatic rings. The average molecular weight is 455 g/mol. The Balaban J connectivity index is 1.46. The number of rotatable bonds is 7. The summed E-state index contributed by atoms with van der Waals surface area (Å²) in [4.78, 5) is 16.1. The Kier molecular flexibility index (Phi) is 6.43. The quantitative estimate of drug-likeness (QED) is 0.558. The number of carboxylic acids is 1. The molecule has 2 atom stereocenters. The molecule has 4 rings (SSSR count). The number of para-hydroxylation sites is 1. The maximum Gasteiger partial charge on any atom is 0.308 e. The number of nitrogens with one attached hydrogen (secondary N) is 1. The fourth-order valence-corrected chi connectivity index (χ4v) is 5.54. The Bertz CT molecular complexity index is 1220. The molecule has 1 aliphatic carbocycles. The second kappa shape index (κ2) is 9.26. The van der Waals surface area contributed by atoms with Crippen molar-refractivity contribution < 1.29 is 23.1 Å². The zero-order valence-corrected chi connectivity index (χ0v) is 18.6. The van der Waals surface area contributed by atoms with Crippen molar-refractivity contribution in [1.82, 2.24) is 9.71 Å². The van der Waals surface area contributed by atoms with Gasteiger partial charge in [-0.1, -0.05) is 31.0 Å². The number of hydrogen-bond donors (Lipinski definition) is 2. The van der Waals surface area contributed by atoms with Crippen molar-refractivity contribution in [3.63, 3.8) is 0 Å². The first kappa shape index (κ1) is 22.2. The lowest BCUT2D eigenvalue weighted by atomic mass is 9.85. The highest BCUT2D eigenvalue weighted by Crippen LogP contribution is 2.27. The van der Waals surface area contributed by atoms with Gasteiger partial charge in [0.15, 0.2) is 0 Å². The molecule has 168 valence electrons. The van der Waals surface area contributed by atoms with Gasteiger partial charge in [-0.2, -0.15) is 0 Å². The third kappa shape index (κ3) is 4.92. The van der Waals surface area contributed by atoms with Crippen LogP contribution >= 0.6 is 0 Å². The van der Waals surface area contributed by atoms with E-state index in [1.54, 1.807) is 12.1 Å². The zero-order chi connectivity index (χ0) is 22.7. The van der Waals surface area contributed by atoms with Gasteiger partial charge in [0.2, 0.25) is 10.0 Å². The van der Waals surface area contributed by atoms with Gasteiger partial charge in [-0.15, -0.1) is 0 Å². The summed E-state index contributed by atoms with van der Waals surface area (Å²) in [6, 6.07) is 15.4. The van der Waals surface area contributed by atoms with Gasteiger partial charge < -0.3 is 9.84 Å². The lowest BCUT2D eigenvalue weighted by molar-refractivity contribution is -0.143. The van der Waals surface area contributed by atoms with Crippen molar-refractivity contribution in [3.8, 4) is 5.75 Å². The first-order valence-corrected chi connectivity index (χ1v) is 12.1. The molecule has 1 aromatic heterocycles. The number of aromatic nitrogens is 1. The van der Waals surface area contributed by atoms with E-state index in [0.29, 0.717) is 25.2 Å². The van der Waals surface area contributed by atoms with E-state index >= 15 is 0 Å². The summed E-state index contributed by atoms with van der Waals surface area (Å²) >= 11 is 0. The molecule has 0 saturated heterocycles. The summed E-state index contributed by atoms with van der Waals surface area (Å²) < 4.78 is 34.1. The maximum absolute atomic E-state index is 12.8. The van der Waals surface area contributed by atoms with E-state index in [1.165, 1.54) is 12.1 Å². The van der Waals surface area contributed by atoms with Crippen LogP contribution in [0, 0.1) is 12.8 Å². The van der Waals surface area contributed by atoms with E-state index in [9.17, 15) is 18.3 Å². The Morgan fingerprint density at radius 3 is 2.59 bits per heavy atom. The van der Waals surface area contributed by atoms with Gasteiger partial charge in [0, 0.05) is 22.7 Å². The molecule has 0 bridgehead atoms. The Labute approximate surface area is 187 Å². The predicted molar refractivity (Wildman–Crippen MR) is 121 cm³/mol. The van der Waals surface area contributed by atoms with Gasteiger partial charge in [-0.25, -0.2) is 13.1 Å². The van der Waals surface area contributed by atoms with Gasteiger partial charge in [0.25, 0.3) is 0 Å². The second-order valence-electron chi connectivity index (χ2n) is 8.16. The number of benzene rings is 2. The minimum Gasteiger partial charge on any atom is -0.489 e. The molecule has 0 spiro atoms. The average Bonchev–Trinajstić information content (AvgIpc) is 2.77. The van der Waals surface area contributed by atoms with Crippen LogP contribution in [-0.2, 0) is 21.4 Å². The molecular weight excluding hydrogens is 428 g/mol. The summed E-state index contributed by atoms with van der Waals surface area (Å²) in [5.41, 5.74) is 2.81. The number of sulfonamides is 1. The highest BCUT2D eigenvalue weighted by Gasteiger charge is 2.34. The van der Waals surface area contributed by atoms with E-state index in [0.717, 1.165) is 35.0 Å². The summed E-state index contributed by atoms with van der Waals surface area (Å²) in [6.45, 7) is 2.26. The fraction of sp³-hybridized carbons (Fsp3) is 0.333. The number of carbonyl (C=O) groups is 1. The van der Waals surface area contributed by atoms with Gasteiger partial charge in [-0.05, 0) is 56.2 Å². The van der Waals surface area contributed by atoms with Gasteiger partial charge in [0.05, 0.1) is 16.3 Å². The molecule has 2 aromatic carbocycles. The standard InChI is InChI=1S/C24H26N2O5S/c1-16-14-17(20-6-2-4-8-22(20)25-16)15-31-18-10-12-19(13-11-18)32(29,30)26-23-9-5-3-7-21(23)24(27)28/h2,4,6,8,10-14,21,23,26H,3,5,7,9,15H2,1H3,(H,27,28)/t21-,23+/m0/s1. The normalized spacial score (nSPS) is 19.0. The molecule has 0 aliphatic heterocycles. The summed E-state index contributed by atoms with van der Waals surface area (Å²) in [5, 5.41) is 10.4. The van der Waals surface area contributed by atoms with Gasteiger partial charge >= 0.3 is 5.97 Å². The van der Waals surface area contributed by atoms with Crippen LogP contribution in [0.15, 0.2) is 59.5 Å². The largest absolute Gasteiger partial charge is 0.489 e. The lowest BCUT2D eigenvalue weighted by Gasteiger charge is -2.29. The molecule has 1 aliphatic rings. The molecule has 8 heteroatoms. The monoisotopic (exact) mass is 454 g/mol. The SMILES string of the molecule is Cc1cc(COc2ccc(S(=O)(=O)N[C@@H]3CCCC[C@@H]3C(=O)O)cc2)c2ccccc2n1. The van der Waals surface area contributed by atoms with Gasteiger partial charge in [-0.3, -0.25) is 9.78 Å². The molecule has 1 saturated carbocycles. The van der Waals surface area contributed by atoms with Crippen molar-refractivity contribution in [2.75, 3.05) is 0 Å². The molecule has 2 N–H and O–H groups in total. The maximum atomic E-state index is 12.8. The molecule has 0 radical (unpaired) electrons. The van der Waals surface area contributed by atoms with Crippen LogP contribution in [0.25, 0.3) is 10.9 Å². The van der Waals surface area contributed by atoms with Crippen LogP contribution in [-0.4, -0.2) is 30.5 Å². The third-order valence-corrected chi connectivity index (χ3v) is 7.35. The summed E-state index contributed by atoms with van der Waals surface area (Å²) in [6.07, 6.45) is 2.62. The number of aryl methyl sites for hydroxylation is 1. The Morgan fingerprint density at radius 2 is 1.84 bits per heavy atom. The molecular formula is C24H26N2O5S. The molecule has 7 nitrogen and oxygen atoms in total. The fourth-order valence-electron chi connectivity index (χ4n) is 4.23. The molecule has 0 unspecified atom stereocenters. The van der Waals surface area contributed by atoms with Crippen molar-refractivity contribution in [1.29, 1.82) is 0 Å². The number of fused-ring (bicyclic) bond motifs is 1.